The second kappa shape index (κ2) is 7.76. The quantitative estimate of drug-likeness (QED) is 0.676. The first-order valence-electron chi connectivity index (χ1n) is 9.88. The van der Waals surface area contributed by atoms with E-state index < -0.39 is 5.97 Å². The fraction of sp³-hybridized carbons (Fsp3) is 0.636. The number of carbonyl (C=O) groups excluding carboxylic acids is 2. The Morgan fingerprint density at radius 2 is 1.62 bits per heavy atom. The number of benzene rings is 1. The van der Waals surface area contributed by atoms with Gasteiger partial charge in [0.2, 0.25) is 0 Å². The fourth-order valence-electron chi connectivity index (χ4n) is 5.23. The highest BCUT2D eigenvalue weighted by atomic mass is 16.5. The van der Waals surface area contributed by atoms with E-state index in [9.17, 15) is 9.59 Å². The summed E-state index contributed by atoms with van der Waals surface area (Å²) in [6.45, 7) is 7.19. The van der Waals surface area contributed by atoms with Crippen molar-refractivity contribution in [1.82, 2.24) is 4.90 Å². The number of carbonyl (C=O) groups is 2. The highest BCUT2D eigenvalue weighted by Gasteiger charge is 2.50. The molecule has 7 heteroatoms. The van der Waals surface area contributed by atoms with E-state index in [4.69, 9.17) is 18.9 Å². The minimum absolute atomic E-state index is 0.138. The van der Waals surface area contributed by atoms with Gasteiger partial charge in [0.25, 0.3) is 5.91 Å². The lowest BCUT2D eigenvalue weighted by atomic mass is 9.65. The number of methoxy groups -OCH3 is 3. The molecule has 1 aromatic rings. The highest BCUT2D eigenvalue weighted by Crippen LogP contribution is 2.52. The van der Waals surface area contributed by atoms with Crippen LogP contribution in [0, 0.1) is 10.8 Å². The number of esters is 1. The summed E-state index contributed by atoms with van der Waals surface area (Å²) >= 11 is 0. The van der Waals surface area contributed by atoms with E-state index in [-0.39, 0.29) is 34.9 Å². The van der Waals surface area contributed by atoms with Gasteiger partial charge in [-0.05, 0) is 30.1 Å². The molecule has 2 bridgehead atoms. The molecule has 1 aliphatic heterocycles. The maximum atomic E-state index is 12.8. The Hall–Kier alpha value is -2.44. The Balaban J connectivity index is 1.69. The molecule has 1 heterocycles. The largest absolute Gasteiger partial charge is 0.496 e. The number of hydrogen-bond donors (Lipinski definition) is 0. The summed E-state index contributed by atoms with van der Waals surface area (Å²) in [5.74, 6) is 0.340. The van der Waals surface area contributed by atoms with Gasteiger partial charge < -0.3 is 23.8 Å². The number of ether oxygens (including phenoxy) is 4. The molecule has 160 valence electrons. The van der Waals surface area contributed by atoms with Crippen molar-refractivity contribution in [3.63, 3.8) is 0 Å². The second-order valence-corrected chi connectivity index (χ2v) is 9.22. The first kappa shape index (κ1) is 21.3. The van der Waals surface area contributed by atoms with Crippen LogP contribution >= 0.6 is 0 Å². The molecule has 1 aromatic carbocycles. The molecule has 1 amide bonds. The van der Waals surface area contributed by atoms with Crippen molar-refractivity contribution in [3.8, 4) is 17.2 Å². The van der Waals surface area contributed by atoms with Gasteiger partial charge >= 0.3 is 5.97 Å². The number of hydrogen-bond acceptors (Lipinski definition) is 6. The molecule has 29 heavy (non-hydrogen) atoms. The second-order valence-electron chi connectivity index (χ2n) is 9.22. The number of rotatable bonds is 6. The van der Waals surface area contributed by atoms with Crippen LogP contribution in [0.1, 0.15) is 50.4 Å². The average molecular weight is 405 g/mol. The molecule has 0 spiro atoms. The average Bonchev–Trinajstić information content (AvgIpc) is 2.93. The van der Waals surface area contributed by atoms with Gasteiger partial charge in [0.1, 0.15) is 11.3 Å². The van der Waals surface area contributed by atoms with E-state index in [1.54, 1.807) is 6.07 Å². The van der Waals surface area contributed by atoms with Crippen LogP contribution in [0.2, 0.25) is 0 Å². The van der Waals surface area contributed by atoms with E-state index >= 15 is 0 Å². The van der Waals surface area contributed by atoms with Crippen molar-refractivity contribution in [2.75, 3.05) is 34.5 Å². The molecule has 3 rings (SSSR count). The zero-order valence-electron chi connectivity index (χ0n) is 18.2. The molecule has 2 atom stereocenters. The minimum Gasteiger partial charge on any atom is -0.496 e. The van der Waals surface area contributed by atoms with E-state index in [0.717, 1.165) is 25.8 Å². The Bertz CT molecular complexity index is 805. The smallest absolute Gasteiger partial charge is 0.342 e. The standard InChI is InChI=1S/C22H31NO6/c1-21(2)9-14-10-22(3,12-21)13-23(14)19(24)11-29-20(25)15-7-17(27-5)18(28-6)8-16(15)26-4/h7-8,14H,9-13H2,1-6H3/t14-,22+/m1/s1. The maximum absolute atomic E-state index is 12.8. The topological polar surface area (TPSA) is 74.3 Å². The molecular formula is C22H31NO6. The van der Waals surface area contributed by atoms with Gasteiger partial charge in [-0.25, -0.2) is 4.79 Å². The van der Waals surface area contributed by atoms with Crippen LogP contribution in [-0.4, -0.2) is 57.3 Å². The molecule has 2 aliphatic rings. The minimum atomic E-state index is -0.634. The van der Waals surface area contributed by atoms with Gasteiger partial charge in [0.05, 0.1) is 21.3 Å². The summed E-state index contributed by atoms with van der Waals surface area (Å²) in [5.41, 5.74) is 0.542. The van der Waals surface area contributed by atoms with Crippen LogP contribution in [0.25, 0.3) is 0 Å². The van der Waals surface area contributed by atoms with E-state index in [2.05, 4.69) is 20.8 Å². The third-order valence-corrected chi connectivity index (χ3v) is 5.99. The SMILES string of the molecule is COc1cc(OC)c(C(=O)OCC(=O)N2C[C@@]3(C)C[C@H]2CC(C)(C)C3)cc1OC. The van der Waals surface area contributed by atoms with Crippen molar-refractivity contribution in [2.45, 2.75) is 46.1 Å². The summed E-state index contributed by atoms with van der Waals surface area (Å²) < 4.78 is 21.1. The normalized spacial score (nSPS) is 24.8. The van der Waals surface area contributed by atoms with Gasteiger partial charge in [-0.15, -0.1) is 0 Å². The number of amides is 1. The zero-order chi connectivity index (χ0) is 21.4. The predicted molar refractivity (Wildman–Crippen MR) is 108 cm³/mol. The van der Waals surface area contributed by atoms with Crippen molar-refractivity contribution in [3.05, 3.63) is 17.7 Å². The van der Waals surface area contributed by atoms with Crippen LogP contribution in [0.5, 0.6) is 17.2 Å². The van der Waals surface area contributed by atoms with Crippen molar-refractivity contribution in [1.29, 1.82) is 0 Å². The Labute approximate surface area is 172 Å². The first-order chi connectivity index (χ1) is 13.6. The summed E-state index contributed by atoms with van der Waals surface area (Å²) in [7, 11) is 4.44. The Kier molecular flexibility index (Phi) is 5.70. The molecular weight excluding hydrogens is 374 g/mol. The molecule has 0 unspecified atom stereocenters. The van der Waals surface area contributed by atoms with Gasteiger partial charge in [-0.3, -0.25) is 4.79 Å². The van der Waals surface area contributed by atoms with Gasteiger partial charge in [-0.1, -0.05) is 20.8 Å². The summed E-state index contributed by atoms with van der Waals surface area (Å²) in [5, 5.41) is 0. The fourth-order valence-corrected chi connectivity index (χ4v) is 5.23. The van der Waals surface area contributed by atoms with Crippen LogP contribution in [0.15, 0.2) is 12.1 Å². The third kappa shape index (κ3) is 4.28. The molecule has 0 aromatic heterocycles. The van der Waals surface area contributed by atoms with Gasteiger partial charge in [-0.2, -0.15) is 0 Å². The lowest BCUT2D eigenvalue weighted by Crippen LogP contribution is -2.39. The summed E-state index contributed by atoms with van der Waals surface area (Å²) in [4.78, 5) is 27.4. The molecule has 1 saturated heterocycles. The highest BCUT2D eigenvalue weighted by molar-refractivity contribution is 5.95. The van der Waals surface area contributed by atoms with Gasteiger partial charge in [0, 0.05) is 24.7 Å². The number of likely N-dealkylation sites (tertiary alicyclic amines) is 1. The maximum Gasteiger partial charge on any atom is 0.342 e. The van der Waals surface area contributed by atoms with E-state index in [0.29, 0.717) is 17.2 Å². The first-order valence-corrected chi connectivity index (χ1v) is 9.88. The summed E-state index contributed by atoms with van der Waals surface area (Å²) in [6, 6.07) is 3.27. The van der Waals surface area contributed by atoms with Crippen LogP contribution < -0.4 is 14.2 Å². The van der Waals surface area contributed by atoms with Crippen LogP contribution in [0.4, 0.5) is 0 Å². The predicted octanol–water partition coefficient (Wildman–Crippen LogP) is 3.30. The van der Waals surface area contributed by atoms with Gasteiger partial charge in [0.15, 0.2) is 18.1 Å². The van der Waals surface area contributed by atoms with Crippen molar-refractivity contribution in [2.24, 2.45) is 10.8 Å². The summed E-state index contributed by atoms with van der Waals surface area (Å²) in [6.07, 6.45) is 3.09. The van der Waals surface area contributed by atoms with Crippen LogP contribution in [-0.2, 0) is 9.53 Å². The number of nitrogens with zero attached hydrogens (tertiary/aromatic N) is 1. The molecule has 0 N–H and O–H groups in total. The van der Waals surface area contributed by atoms with E-state index in [1.807, 2.05) is 4.90 Å². The lowest BCUT2D eigenvalue weighted by molar-refractivity contribution is -0.135. The van der Waals surface area contributed by atoms with Crippen molar-refractivity contribution < 1.29 is 28.5 Å². The molecule has 2 fully saturated rings. The van der Waals surface area contributed by atoms with Crippen molar-refractivity contribution >= 4 is 11.9 Å². The van der Waals surface area contributed by atoms with E-state index in [1.165, 1.54) is 27.4 Å². The van der Waals surface area contributed by atoms with Crippen LogP contribution in [0.3, 0.4) is 0 Å². The molecule has 1 aliphatic carbocycles. The third-order valence-electron chi connectivity index (χ3n) is 5.99. The monoisotopic (exact) mass is 405 g/mol. The molecule has 7 nitrogen and oxygen atoms in total. The lowest BCUT2D eigenvalue weighted by Gasteiger charge is -2.39. The molecule has 1 saturated carbocycles. The Morgan fingerprint density at radius 1 is 1.00 bits per heavy atom. The Morgan fingerprint density at radius 3 is 2.24 bits per heavy atom. The number of fused-ring (bicyclic) bond motifs is 2. The zero-order valence-corrected chi connectivity index (χ0v) is 18.2. The molecule has 0 radical (unpaired) electrons.